The fourth-order valence-electron chi connectivity index (χ4n) is 1.68. The number of carbonyl (C=O) groups excluding carboxylic acids is 1. The van der Waals surface area contributed by atoms with Crippen molar-refractivity contribution in [2.75, 3.05) is 6.54 Å². The molecule has 0 heterocycles. The average molecular weight is 503 g/mol. The molecule has 1 aromatic rings. The molecule has 7 heteroatoms. The molecule has 1 aromatic carbocycles. The summed E-state index contributed by atoms with van der Waals surface area (Å²) in [6, 6.07) is 3.10. The van der Waals surface area contributed by atoms with Crippen LogP contribution in [0.5, 0.6) is 5.75 Å². The summed E-state index contributed by atoms with van der Waals surface area (Å²) < 4.78 is 1.38. The molecule has 1 atom stereocenters. The Morgan fingerprint density at radius 3 is 2.45 bits per heavy atom. The first kappa shape index (κ1) is 17.5. The maximum Gasteiger partial charge on any atom is 0.323 e. The summed E-state index contributed by atoms with van der Waals surface area (Å²) in [5.74, 6) is -1.64. The maximum atomic E-state index is 12.5. The number of nitrogens with zero attached hydrogens (tertiary/aromatic N) is 1. The Hall–Kier alpha value is -0.580. The van der Waals surface area contributed by atoms with Crippen LogP contribution in [0.25, 0.3) is 0 Å². The lowest BCUT2D eigenvalue weighted by atomic mass is 10.1. The average Bonchev–Trinajstić information content (AvgIpc) is 2.38. The van der Waals surface area contributed by atoms with Gasteiger partial charge < -0.3 is 15.1 Å². The molecule has 5 nitrogen and oxygen atoms in total. The van der Waals surface area contributed by atoms with Crippen molar-refractivity contribution in [2.45, 2.75) is 26.3 Å². The highest BCUT2D eigenvalue weighted by Gasteiger charge is 2.26. The van der Waals surface area contributed by atoms with Crippen LogP contribution in [0.4, 0.5) is 0 Å². The largest absolute Gasteiger partial charge is 0.506 e. The number of benzene rings is 1. The van der Waals surface area contributed by atoms with Crippen molar-refractivity contribution in [3.63, 3.8) is 0 Å². The topological polar surface area (TPSA) is 77.8 Å². The van der Waals surface area contributed by atoms with Gasteiger partial charge in [0.15, 0.2) is 0 Å². The van der Waals surface area contributed by atoms with Crippen molar-refractivity contribution in [1.29, 1.82) is 0 Å². The molecule has 0 aromatic heterocycles. The number of carboxylic acids is 1. The van der Waals surface area contributed by atoms with Crippen LogP contribution >= 0.6 is 45.2 Å². The number of phenols is 1. The molecule has 0 radical (unpaired) electrons. The van der Waals surface area contributed by atoms with Crippen molar-refractivity contribution >= 4 is 57.1 Å². The third kappa shape index (κ3) is 4.21. The van der Waals surface area contributed by atoms with E-state index in [2.05, 4.69) is 22.6 Å². The predicted molar refractivity (Wildman–Crippen MR) is 92.0 cm³/mol. The first-order valence-corrected chi connectivity index (χ1v) is 8.14. The van der Waals surface area contributed by atoms with Crippen molar-refractivity contribution < 1.29 is 19.8 Å². The molecule has 1 unspecified atom stereocenters. The maximum absolute atomic E-state index is 12.5. The van der Waals surface area contributed by atoms with E-state index in [-0.39, 0.29) is 23.9 Å². The van der Waals surface area contributed by atoms with Crippen LogP contribution in [0.15, 0.2) is 12.1 Å². The summed E-state index contributed by atoms with van der Waals surface area (Å²) in [5.41, 5.74) is 0.142. The van der Waals surface area contributed by atoms with Crippen molar-refractivity contribution in [2.24, 2.45) is 0 Å². The smallest absolute Gasteiger partial charge is 0.323 e. The van der Waals surface area contributed by atoms with Crippen LogP contribution in [-0.4, -0.2) is 39.6 Å². The van der Waals surface area contributed by atoms with E-state index in [9.17, 15) is 14.7 Å². The van der Waals surface area contributed by atoms with Gasteiger partial charge in [-0.25, -0.2) is 0 Å². The minimum atomic E-state index is -1.07. The third-order valence-electron chi connectivity index (χ3n) is 2.95. The highest BCUT2D eigenvalue weighted by molar-refractivity contribution is 14.1. The standard InChI is InChI=1S/C13H15I2NO4/c1-3-7(2)16(6-11(17)18)13(20)9-4-8(14)5-10(15)12(9)19/h4-5,7,19H,3,6H2,1-2H3,(H,17,18). The molecule has 1 rings (SSSR count). The molecule has 0 aliphatic carbocycles. The van der Waals surface area contributed by atoms with Gasteiger partial charge in [-0.1, -0.05) is 6.92 Å². The minimum Gasteiger partial charge on any atom is -0.506 e. The fraction of sp³-hybridized carbons (Fsp3) is 0.385. The first-order valence-electron chi connectivity index (χ1n) is 5.98. The van der Waals surface area contributed by atoms with Crippen LogP contribution in [0.1, 0.15) is 30.6 Å². The molecule has 0 fully saturated rings. The second-order valence-corrected chi connectivity index (χ2v) is 6.78. The summed E-state index contributed by atoms with van der Waals surface area (Å²) in [7, 11) is 0. The Balaban J connectivity index is 3.21. The van der Waals surface area contributed by atoms with Crippen LogP contribution in [0, 0.1) is 7.14 Å². The normalized spacial score (nSPS) is 12.0. The van der Waals surface area contributed by atoms with Crippen LogP contribution in [-0.2, 0) is 4.79 Å². The molecule has 0 aliphatic rings. The van der Waals surface area contributed by atoms with E-state index < -0.39 is 11.9 Å². The van der Waals surface area contributed by atoms with Crippen LogP contribution in [0.3, 0.4) is 0 Å². The second-order valence-electron chi connectivity index (χ2n) is 4.37. The van der Waals surface area contributed by atoms with E-state index in [1.165, 1.54) is 4.90 Å². The lowest BCUT2D eigenvalue weighted by molar-refractivity contribution is -0.138. The molecule has 0 aliphatic heterocycles. The number of rotatable bonds is 5. The van der Waals surface area contributed by atoms with Gasteiger partial charge in [-0.3, -0.25) is 9.59 Å². The Labute approximate surface area is 144 Å². The SMILES string of the molecule is CCC(C)N(CC(=O)O)C(=O)c1cc(I)cc(I)c1O. The van der Waals surface area contributed by atoms with Crippen molar-refractivity contribution in [3.8, 4) is 5.75 Å². The van der Waals surface area contributed by atoms with Crippen molar-refractivity contribution in [1.82, 2.24) is 4.90 Å². The van der Waals surface area contributed by atoms with E-state index in [1.54, 1.807) is 19.1 Å². The Bertz CT molecular complexity index is 533. The summed E-state index contributed by atoms with van der Waals surface area (Å²) in [4.78, 5) is 24.7. The summed E-state index contributed by atoms with van der Waals surface area (Å²) >= 11 is 4.00. The molecule has 1 amide bonds. The number of hydrogen-bond donors (Lipinski definition) is 2. The number of halogens is 2. The number of aliphatic carboxylic acids is 1. The molecule has 0 bridgehead atoms. The van der Waals surface area contributed by atoms with E-state index in [0.717, 1.165) is 3.57 Å². The third-order valence-corrected chi connectivity index (χ3v) is 4.39. The number of carboxylic acid groups (broad SMARTS) is 1. The van der Waals surface area contributed by atoms with Gasteiger partial charge in [-0.05, 0) is 70.7 Å². The molecule has 110 valence electrons. The highest BCUT2D eigenvalue weighted by Crippen LogP contribution is 2.28. The molecule has 20 heavy (non-hydrogen) atoms. The first-order chi connectivity index (χ1) is 9.27. The second kappa shape index (κ2) is 7.43. The number of phenolic OH excluding ortho intramolecular Hbond substituents is 1. The van der Waals surface area contributed by atoms with Gasteiger partial charge in [0.25, 0.3) is 5.91 Å². The van der Waals surface area contributed by atoms with Gasteiger partial charge in [0.05, 0.1) is 9.13 Å². The number of carbonyl (C=O) groups is 2. The Morgan fingerprint density at radius 1 is 1.35 bits per heavy atom. The molecular formula is C13H15I2NO4. The Kier molecular flexibility index (Phi) is 6.49. The minimum absolute atomic E-state index is 0.102. The van der Waals surface area contributed by atoms with E-state index >= 15 is 0 Å². The molecule has 2 N–H and O–H groups in total. The number of amides is 1. The van der Waals surface area contributed by atoms with E-state index in [4.69, 9.17) is 5.11 Å². The van der Waals surface area contributed by atoms with E-state index in [1.807, 2.05) is 29.5 Å². The van der Waals surface area contributed by atoms with Crippen LogP contribution < -0.4 is 0 Å². The van der Waals surface area contributed by atoms with Crippen LogP contribution in [0.2, 0.25) is 0 Å². The van der Waals surface area contributed by atoms with Gasteiger partial charge in [-0.15, -0.1) is 0 Å². The quantitative estimate of drug-likeness (QED) is 0.607. The monoisotopic (exact) mass is 503 g/mol. The molecule has 0 saturated heterocycles. The van der Waals surface area contributed by atoms with Gasteiger partial charge in [0.1, 0.15) is 12.3 Å². The van der Waals surface area contributed by atoms with E-state index in [0.29, 0.717) is 9.99 Å². The fourth-order valence-corrected chi connectivity index (χ4v) is 3.52. The van der Waals surface area contributed by atoms with Crippen molar-refractivity contribution in [3.05, 3.63) is 24.8 Å². The predicted octanol–water partition coefficient (Wildman–Crippen LogP) is 2.93. The summed E-state index contributed by atoms with van der Waals surface area (Å²) in [6.07, 6.45) is 0.640. The molecule has 0 spiro atoms. The summed E-state index contributed by atoms with van der Waals surface area (Å²) in [5, 5.41) is 19.0. The molecular weight excluding hydrogens is 488 g/mol. The Morgan fingerprint density at radius 2 is 1.95 bits per heavy atom. The number of aromatic hydroxyl groups is 1. The van der Waals surface area contributed by atoms with Gasteiger partial charge in [0.2, 0.25) is 0 Å². The zero-order valence-corrected chi connectivity index (χ0v) is 15.4. The highest BCUT2D eigenvalue weighted by atomic mass is 127. The van der Waals surface area contributed by atoms with Gasteiger partial charge in [0, 0.05) is 9.61 Å². The van der Waals surface area contributed by atoms with Gasteiger partial charge in [-0.2, -0.15) is 0 Å². The number of hydrogen-bond acceptors (Lipinski definition) is 3. The van der Waals surface area contributed by atoms with Gasteiger partial charge >= 0.3 is 5.97 Å². The molecule has 0 saturated carbocycles. The zero-order valence-electron chi connectivity index (χ0n) is 11.1. The zero-order chi connectivity index (χ0) is 15.4. The summed E-state index contributed by atoms with van der Waals surface area (Å²) in [6.45, 7) is 3.29. The lowest BCUT2D eigenvalue weighted by Gasteiger charge is -2.27. The lowest BCUT2D eigenvalue weighted by Crippen LogP contribution is -2.41.